The molecule has 1 amide bonds. The molecule has 0 bridgehead atoms. The van der Waals surface area contributed by atoms with Crippen molar-refractivity contribution in [1.29, 1.82) is 0 Å². The second-order valence-electron chi connectivity index (χ2n) is 6.46. The van der Waals surface area contributed by atoms with Crippen LogP contribution in [0, 0.1) is 5.82 Å². The number of carbonyl (C=O) groups excluding carboxylic acids is 3. The molecule has 0 fully saturated rings. The van der Waals surface area contributed by atoms with Crippen LogP contribution in [-0.4, -0.2) is 37.0 Å². The average Bonchev–Trinajstić information content (AvgIpc) is 3.37. The lowest BCUT2D eigenvalue weighted by molar-refractivity contribution is 0.0567. The van der Waals surface area contributed by atoms with E-state index >= 15 is 0 Å². The number of thiophene rings is 1. The van der Waals surface area contributed by atoms with Gasteiger partial charge in [-0.05, 0) is 24.3 Å². The molecule has 0 aliphatic heterocycles. The van der Waals surface area contributed by atoms with E-state index in [1.807, 2.05) is 0 Å². The molecule has 162 valence electrons. The van der Waals surface area contributed by atoms with Crippen molar-refractivity contribution in [2.75, 3.05) is 19.5 Å². The van der Waals surface area contributed by atoms with Gasteiger partial charge in [-0.2, -0.15) is 0 Å². The van der Waals surface area contributed by atoms with Crippen molar-refractivity contribution >= 4 is 45.3 Å². The summed E-state index contributed by atoms with van der Waals surface area (Å²) in [6.45, 7) is 0. The predicted octanol–water partition coefficient (Wildman–Crippen LogP) is 4.52. The number of fused-ring (bicyclic) bond motifs is 1. The van der Waals surface area contributed by atoms with Crippen molar-refractivity contribution in [2.24, 2.45) is 0 Å². The number of methoxy groups -OCH3 is 2. The summed E-state index contributed by atoms with van der Waals surface area (Å²) in [5.74, 6) is -2.39. The summed E-state index contributed by atoms with van der Waals surface area (Å²) in [6, 6.07) is 10.2. The Morgan fingerprint density at radius 1 is 1.06 bits per heavy atom. The maximum Gasteiger partial charge on any atom is 0.374 e. The normalized spacial score (nSPS) is 10.7. The zero-order valence-electron chi connectivity index (χ0n) is 16.8. The van der Waals surface area contributed by atoms with Crippen LogP contribution in [0.4, 0.5) is 10.2 Å². The quantitative estimate of drug-likeness (QED) is 0.442. The number of nitrogens with zero attached hydrogens (tertiary/aromatic N) is 1. The van der Waals surface area contributed by atoms with Crippen molar-refractivity contribution in [2.45, 2.75) is 0 Å². The molecule has 0 aliphatic rings. The van der Waals surface area contributed by atoms with Crippen LogP contribution in [0.15, 0.2) is 53.1 Å². The van der Waals surface area contributed by atoms with E-state index in [1.54, 1.807) is 12.1 Å². The molecule has 32 heavy (non-hydrogen) atoms. The van der Waals surface area contributed by atoms with Crippen LogP contribution in [0.3, 0.4) is 0 Å². The largest absolute Gasteiger partial charge is 0.465 e. The van der Waals surface area contributed by atoms with Crippen molar-refractivity contribution in [3.05, 3.63) is 70.7 Å². The number of hydrogen-bond donors (Lipinski definition) is 1. The van der Waals surface area contributed by atoms with Crippen LogP contribution >= 0.6 is 11.3 Å². The van der Waals surface area contributed by atoms with E-state index in [-0.39, 0.29) is 17.1 Å². The number of benzene rings is 1. The van der Waals surface area contributed by atoms with Crippen LogP contribution in [-0.2, 0) is 9.47 Å². The summed E-state index contributed by atoms with van der Waals surface area (Å²) in [6.07, 6.45) is 1.42. The summed E-state index contributed by atoms with van der Waals surface area (Å²) in [7, 11) is 2.49. The molecule has 0 saturated heterocycles. The lowest BCUT2D eigenvalue weighted by Crippen LogP contribution is -2.14. The van der Waals surface area contributed by atoms with E-state index in [4.69, 9.17) is 13.9 Å². The smallest absolute Gasteiger partial charge is 0.374 e. The SMILES string of the molecule is COC(=O)c1cc2oc(C(=O)OC)c(-c3ccc(NC(=O)c4ccccc4F)nc3)c2s1. The minimum atomic E-state index is -0.694. The van der Waals surface area contributed by atoms with Gasteiger partial charge in [0.1, 0.15) is 22.1 Å². The fourth-order valence-corrected chi connectivity index (χ4v) is 4.10. The zero-order valence-corrected chi connectivity index (χ0v) is 17.6. The summed E-state index contributed by atoms with van der Waals surface area (Å²) in [5, 5.41) is 2.52. The van der Waals surface area contributed by atoms with Gasteiger partial charge in [0, 0.05) is 17.8 Å². The number of halogens is 1. The van der Waals surface area contributed by atoms with E-state index < -0.39 is 23.7 Å². The molecule has 0 spiro atoms. The van der Waals surface area contributed by atoms with Gasteiger partial charge in [-0.15, -0.1) is 11.3 Å². The zero-order chi connectivity index (χ0) is 22.8. The molecule has 0 unspecified atom stereocenters. The lowest BCUT2D eigenvalue weighted by atomic mass is 10.1. The molecule has 4 aromatic rings. The first kappa shape index (κ1) is 21.2. The Morgan fingerprint density at radius 3 is 2.47 bits per heavy atom. The summed E-state index contributed by atoms with van der Waals surface area (Å²) >= 11 is 1.10. The highest BCUT2D eigenvalue weighted by atomic mass is 32.1. The first-order valence-corrected chi connectivity index (χ1v) is 9.99. The second kappa shape index (κ2) is 8.60. The van der Waals surface area contributed by atoms with Crippen LogP contribution < -0.4 is 5.32 Å². The molecule has 10 heteroatoms. The van der Waals surface area contributed by atoms with Gasteiger partial charge in [-0.25, -0.2) is 19.0 Å². The Kier molecular flexibility index (Phi) is 5.69. The fraction of sp³-hybridized carbons (Fsp3) is 0.0909. The maximum absolute atomic E-state index is 13.8. The predicted molar refractivity (Wildman–Crippen MR) is 114 cm³/mol. The van der Waals surface area contributed by atoms with Gasteiger partial charge in [0.25, 0.3) is 5.91 Å². The van der Waals surface area contributed by atoms with Crippen LogP contribution in [0.25, 0.3) is 21.4 Å². The number of furan rings is 1. The Bertz CT molecular complexity index is 1340. The molecular formula is C22H15FN2O6S. The van der Waals surface area contributed by atoms with Gasteiger partial charge >= 0.3 is 11.9 Å². The third kappa shape index (κ3) is 3.83. The molecule has 3 heterocycles. The van der Waals surface area contributed by atoms with Crippen LogP contribution in [0.2, 0.25) is 0 Å². The third-order valence-corrected chi connectivity index (χ3v) is 5.65. The molecule has 0 radical (unpaired) electrons. The maximum atomic E-state index is 13.8. The van der Waals surface area contributed by atoms with E-state index in [1.165, 1.54) is 50.7 Å². The number of rotatable bonds is 5. The first-order valence-electron chi connectivity index (χ1n) is 9.18. The topological polar surface area (TPSA) is 108 Å². The van der Waals surface area contributed by atoms with E-state index in [9.17, 15) is 18.8 Å². The monoisotopic (exact) mass is 454 g/mol. The molecule has 1 aromatic carbocycles. The number of hydrogen-bond acceptors (Lipinski definition) is 8. The highest BCUT2D eigenvalue weighted by molar-refractivity contribution is 7.21. The molecule has 8 nitrogen and oxygen atoms in total. The fourth-order valence-electron chi connectivity index (χ4n) is 3.03. The molecule has 4 rings (SSSR count). The number of anilines is 1. The van der Waals surface area contributed by atoms with Gasteiger partial charge in [-0.3, -0.25) is 4.79 Å². The molecule has 3 aromatic heterocycles. The van der Waals surface area contributed by atoms with Gasteiger partial charge in [-0.1, -0.05) is 12.1 Å². The van der Waals surface area contributed by atoms with Gasteiger partial charge < -0.3 is 19.2 Å². The minimum Gasteiger partial charge on any atom is -0.465 e. The molecule has 0 atom stereocenters. The number of nitrogens with one attached hydrogen (secondary N) is 1. The summed E-state index contributed by atoms with van der Waals surface area (Å²) in [4.78, 5) is 40.9. The van der Waals surface area contributed by atoms with Crippen molar-refractivity contribution in [3.63, 3.8) is 0 Å². The van der Waals surface area contributed by atoms with Gasteiger partial charge in [0.15, 0.2) is 0 Å². The lowest BCUT2D eigenvalue weighted by Gasteiger charge is -2.07. The Hall–Kier alpha value is -4.05. The Labute approximate surface area is 184 Å². The highest BCUT2D eigenvalue weighted by Gasteiger charge is 2.26. The summed E-state index contributed by atoms with van der Waals surface area (Å²) < 4.78 is 29.5. The molecule has 1 N–H and O–H groups in total. The number of esters is 2. The van der Waals surface area contributed by atoms with Crippen molar-refractivity contribution < 1.29 is 32.7 Å². The number of carbonyl (C=O) groups is 3. The summed E-state index contributed by atoms with van der Waals surface area (Å²) in [5.41, 5.74) is 1.09. The van der Waals surface area contributed by atoms with Crippen molar-refractivity contribution in [3.8, 4) is 11.1 Å². The van der Waals surface area contributed by atoms with E-state index in [0.29, 0.717) is 26.3 Å². The van der Waals surface area contributed by atoms with Crippen LogP contribution in [0.1, 0.15) is 30.6 Å². The Balaban J connectivity index is 1.69. The average molecular weight is 454 g/mol. The number of ether oxygens (including phenoxy) is 2. The highest BCUT2D eigenvalue weighted by Crippen LogP contribution is 2.40. The minimum absolute atomic E-state index is 0.0462. The standard InChI is InChI=1S/C22H15FN2O6S/c1-29-21(27)15-9-14-19(32-15)17(18(31-14)22(28)30-2)11-7-8-16(24-10-11)25-20(26)12-5-3-4-6-13(12)23/h3-10H,1-2H3,(H,24,25,26). The van der Waals surface area contributed by atoms with Crippen molar-refractivity contribution in [1.82, 2.24) is 4.98 Å². The van der Waals surface area contributed by atoms with Gasteiger partial charge in [0.05, 0.1) is 30.0 Å². The number of aromatic nitrogens is 1. The van der Waals surface area contributed by atoms with Gasteiger partial charge in [0.2, 0.25) is 5.76 Å². The second-order valence-corrected chi connectivity index (χ2v) is 7.51. The van der Waals surface area contributed by atoms with E-state index in [0.717, 1.165) is 11.3 Å². The van der Waals surface area contributed by atoms with E-state index in [2.05, 4.69) is 10.3 Å². The first-order chi connectivity index (χ1) is 15.4. The molecule has 0 aliphatic carbocycles. The number of amides is 1. The van der Waals surface area contributed by atoms with Crippen LogP contribution in [0.5, 0.6) is 0 Å². The molecule has 0 saturated carbocycles. The third-order valence-electron chi connectivity index (χ3n) is 4.53. The molecular weight excluding hydrogens is 439 g/mol. The number of pyridine rings is 1. The Morgan fingerprint density at radius 2 is 1.81 bits per heavy atom.